The quantitative estimate of drug-likeness (QED) is 0.0310. The maximum Gasteiger partial charge on any atom is 0.306 e. The molecule has 15 unspecified atom stereocenters. The van der Waals surface area contributed by atoms with E-state index in [0.29, 0.717) is 25.7 Å². The molecule has 0 saturated carbocycles. The number of unbranched alkanes of at least 4 members (excludes halogenated alkanes) is 6. The van der Waals surface area contributed by atoms with Gasteiger partial charge < -0.3 is 64.2 Å². The predicted octanol–water partition coefficient (Wildman–Crippen LogP) is 3.22. The van der Waals surface area contributed by atoms with Crippen LogP contribution in [-0.2, 0) is 47.6 Å². The summed E-state index contributed by atoms with van der Waals surface area (Å²) in [6.45, 7) is 2.03. The third-order valence-electron chi connectivity index (χ3n) is 12.8. The van der Waals surface area contributed by atoms with E-state index in [1.54, 1.807) is 12.2 Å². The van der Waals surface area contributed by atoms with E-state index in [-0.39, 0.29) is 54.7 Å². The molecule has 0 spiro atoms. The lowest BCUT2D eigenvalue weighted by molar-refractivity contribution is -0.332. The molecule has 0 bridgehead atoms. The highest BCUT2D eigenvalue weighted by Gasteiger charge is 2.48. The predicted molar refractivity (Wildman–Crippen MR) is 239 cm³/mol. The van der Waals surface area contributed by atoms with Gasteiger partial charge in [0.2, 0.25) is 0 Å². The van der Waals surface area contributed by atoms with Gasteiger partial charge >= 0.3 is 11.9 Å². The lowest BCUT2D eigenvalue weighted by Gasteiger charge is -2.42. The largest absolute Gasteiger partial charge is 0.462 e. The minimum absolute atomic E-state index is 0.0185. The van der Waals surface area contributed by atoms with Gasteiger partial charge in [0, 0.05) is 24.7 Å². The Morgan fingerprint density at radius 1 is 0.606 bits per heavy atom. The smallest absolute Gasteiger partial charge is 0.306 e. The summed E-state index contributed by atoms with van der Waals surface area (Å²) in [5.74, 6) is -0.391. The Kier molecular flexibility index (Phi) is 24.9. The van der Waals surface area contributed by atoms with E-state index in [4.69, 9.17) is 28.4 Å². The topological polar surface area (TPSA) is 265 Å². The molecule has 4 aliphatic rings. The van der Waals surface area contributed by atoms with Crippen LogP contribution in [0.1, 0.15) is 117 Å². The van der Waals surface area contributed by atoms with Gasteiger partial charge in [0.1, 0.15) is 55.4 Å². The lowest BCUT2D eigenvalue weighted by atomic mass is 9.87. The number of hydrogen-bond acceptors (Lipinski definition) is 17. The highest BCUT2D eigenvalue weighted by Crippen LogP contribution is 2.32. The first-order chi connectivity index (χ1) is 31.8. The number of aliphatic hydroxyl groups excluding tert-OH is 7. The number of carbonyl (C=O) groups is 4. The monoisotopic (exact) mass is 937 g/mol. The molecular formula is C49H76O17. The van der Waals surface area contributed by atoms with Gasteiger partial charge in [-0.05, 0) is 75.4 Å². The van der Waals surface area contributed by atoms with Crippen LogP contribution < -0.4 is 0 Å². The van der Waals surface area contributed by atoms with Crippen LogP contribution in [0.15, 0.2) is 48.6 Å². The van der Waals surface area contributed by atoms with Gasteiger partial charge in [0.05, 0.1) is 19.8 Å². The lowest BCUT2D eigenvalue weighted by Crippen LogP contribution is -2.61. The molecule has 0 radical (unpaired) electrons. The van der Waals surface area contributed by atoms with Gasteiger partial charge in [0.15, 0.2) is 30.3 Å². The fourth-order valence-electron chi connectivity index (χ4n) is 8.78. The number of ether oxygens (including phenoxy) is 6. The van der Waals surface area contributed by atoms with Gasteiger partial charge in [-0.3, -0.25) is 19.2 Å². The van der Waals surface area contributed by atoms with Crippen LogP contribution in [0, 0.1) is 23.7 Å². The Balaban J connectivity index is 1.25. The number of hydrogen-bond donors (Lipinski definition) is 7. The van der Waals surface area contributed by atoms with Crippen molar-refractivity contribution in [1.29, 1.82) is 0 Å². The van der Waals surface area contributed by atoms with Gasteiger partial charge in [-0.1, -0.05) is 88.8 Å². The SMILES string of the molecule is CCC=CCC1C(=O)C=CC1CCCCCCCC(=O)OCC(COC1OC(COC2OC(CO)C(O)C(O)C2O)C(O)C(O)C1O)OC(=O)CCCCCC1C=CC(=O)C1CC=CCC. The van der Waals surface area contributed by atoms with Crippen LogP contribution in [0.4, 0.5) is 0 Å². The van der Waals surface area contributed by atoms with Crippen molar-refractivity contribution in [2.45, 2.75) is 184 Å². The molecule has 4 rings (SSSR count). The fourth-order valence-corrected chi connectivity index (χ4v) is 8.78. The second-order valence-corrected chi connectivity index (χ2v) is 17.9. The van der Waals surface area contributed by atoms with Crippen LogP contribution in [0.3, 0.4) is 0 Å². The second-order valence-electron chi connectivity index (χ2n) is 17.9. The zero-order chi connectivity index (χ0) is 48.0. The number of ketones is 2. The van der Waals surface area contributed by atoms with E-state index in [9.17, 15) is 54.9 Å². The van der Waals surface area contributed by atoms with Crippen LogP contribution in [-0.4, -0.2) is 153 Å². The van der Waals surface area contributed by atoms with E-state index in [1.165, 1.54) is 0 Å². The number of rotatable bonds is 30. The van der Waals surface area contributed by atoms with Crippen molar-refractivity contribution in [2.75, 3.05) is 26.4 Å². The molecule has 0 aromatic carbocycles. The molecule has 7 N–H and O–H groups in total. The highest BCUT2D eigenvalue weighted by molar-refractivity contribution is 5.95. The Labute approximate surface area is 388 Å². The Morgan fingerprint density at radius 2 is 1.09 bits per heavy atom. The fraction of sp³-hybridized carbons (Fsp3) is 0.755. The Morgan fingerprint density at radius 3 is 1.65 bits per heavy atom. The molecule has 2 fully saturated rings. The van der Waals surface area contributed by atoms with Crippen molar-refractivity contribution >= 4 is 23.5 Å². The molecule has 0 amide bonds. The summed E-state index contributed by atoms with van der Waals surface area (Å²) in [6.07, 6.45) is 9.83. The molecule has 17 heteroatoms. The summed E-state index contributed by atoms with van der Waals surface area (Å²) < 4.78 is 33.5. The third kappa shape index (κ3) is 17.4. The summed E-state index contributed by atoms with van der Waals surface area (Å²) in [4.78, 5) is 50.6. The van der Waals surface area contributed by atoms with Crippen molar-refractivity contribution in [2.24, 2.45) is 23.7 Å². The molecule has 2 heterocycles. The maximum atomic E-state index is 13.1. The minimum Gasteiger partial charge on any atom is -0.462 e. The molecule has 17 nitrogen and oxygen atoms in total. The zero-order valence-electron chi connectivity index (χ0n) is 38.6. The summed E-state index contributed by atoms with van der Waals surface area (Å²) in [6, 6.07) is 0. The van der Waals surface area contributed by atoms with Gasteiger partial charge in [-0.15, -0.1) is 0 Å². The molecule has 0 aromatic heterocycles. The van der Waals surface area contributed by atoms with Gasteiger partial charge in [-0.2, -0.15) is 0 Å². The molecule has 66 heavy (non-hydrogen) atoms. The second kappa shape index (κ2) is 29.6. The van der Waals surface area contributed by atoms with Crippen molar-refractivity contribution < 1.29 is 83.3 Å². The summed E-state index contributed by atoms with van der Waals surface area (Å²) in [5.41, 5.74) is 0. The molecule has 15 atom stereocenters. The first-order valence-corrected chi connectivity index (χ1v) is 24.1. The molecule has 0 aromatic rings. The molecule has 2 aliphatic heterocycles. The molecule has 2 saturated heterocycles. The summed E-state index contributed by atoms with van der Waals surface area (Å²) in [7, 11) is 0. The van der Waals surface area contributed by atoms with Crippen LogP contribution in [0.5, 0.6) is 0 Å². The Hall–Kier alpha value is -3.20. The van der Waals surface area contributed by atoms with Crippen LogP contribution in [0.2, 0.25) is 0 Å². The zero-order valence-corrected chi connectivity index (χ0v) is 38.6. The van der Waals surface area contributed by atoms with E-state index in [1.807, 2.05) is 19.1 Å². The third-order valence-corrected chi connectivity index (χ3v) is 12.8. The first kappa shape index (κ1) is 55.4. The number of carbonyl (C=O) groups excluding carboxylic acids is 4. The van der Waals surface area contributed by atoms with Crippen molar-refractivity contribution in [1.82, 2.24) is 0 Å². The van der Waals surface area contributed by atoms with E-state index < -0.39 is 99.3 Å². The number of allylic oxidation sites excluding steroid dienone is 8. The molecule has 374 valence electrons. The molecule has 2 aliphatic carbocycles. The van der Waals surface area contributed by atoms with Crippen molar-refractivity contribution in [3.05, 3.63) is 48.6 Å². The first-order valence-electron chi connectivity index (χ1n) is 24.1. The average molecular weight is 937 g/mol. The molecular weight excluding hydrogens is 861 g/mol. The Bertz CT molecular complexity index is 1590. The average Bonchev–Trinajstić information content (AvgIpc) is 3.84. The number of aliphatic hydroxyl groups is 7. The van der Waals surface area contributed by atoms with Crippen molar-refractivity contribution in [3.8, 4) is 0 Å². The summed E-state index contributed by atoms with van der Waals surface area (Å²) >= 11 is 0. The van der Waals surface area contributed by atoms with Gasteiger partial charge in [0.25, 0.3) is 0 Å². The minimum atomic E-state index is -1.81. The van der Waals surface area contributed by atoms with E-state index in [2.05, 4.69) is 31.2 Å². The number of esters is 2. The standard InChI is InChI=1S/C49H76O17/c1-3-5-11-19-34-31(23-25-36(34)51)17-13-8-7-9-15-21-40(53)61-28-33(64-41(54)22-16-10-14-18-32-24-26-37(52)35(32)20-12-6-4-2)29-62-48-47(60)45(58)43(56)39(66-48)30-63-49-46(59)44(57)42(55)38(27-50)65-49/h5-6,11-12,23-26,31-35,38-39,42-50,55-60H,3-4,7-10,13-22,27-30H2,1-2H3. The van der Waals surface area contributed by atoms with Crippen molar-refractivity contribution in [3.63, 3.8) is 0 Å². The maximum absolute atomic E-state index is 13.1. The highest BCUT2D eigenvalue weighted by atomic mass is 16.7. The van der Waals surface area contributed by atoms with Crippen LogP contribution >= 0.6 is 0 Å². The summed E-state index contributed by atoms with van der Waals surface area (Å²) in [5, 5.41) is 72.1. The van der Waals surface area contributed by atoms with E-state index >= 15 is 0 Å². The van der Waals surface area contributed by atoms with E-state index in [0.717, 1.165) is 64.2 Å². The van der Waals surface area contributed by atoms with Crippen LogP contribution in [0.25, 0.3) is 0 Å². The normalized spacial score (nSPS) is 32.8. The van der Waals surface area contributed by atoms with Gasteiger partial charge in [-0.25, -0.2) is 0 Å².